The lowest BCUT2D eigenvalue weighted by Crippen LogP contribution is -2.30. The van der Waals surface area contributed by atoms with Crippen molar-refractivity contribution in [1.82, 2.24) is 9.21 Å². The molecule has 28 heavy (non-hydrogen) atoms. The Morgan fingerprint density at radius 1 is 1.14 bits per heavy atom. The van der Waals surface area contributed by atoms with Crippen LogP contribution in [0.5, 0.6) is 0 Å². The Morgan fingerprint density at radius 2 is 1.86 bits per heavy atom. The van der Waals surface area contributed by atoms with Crippen molar-refractivity contribution in [2.24, 2.45) is 0 Å². The van der Waals surface area contributed by atoms with Crippen molar-refractivity contribution in [1.29, 1.82) is 0 Å². The first kappa shape index (κ1) is 20.4. The highest BCUT2D eigenvalue weighted by molar-refractivity contribution is 7.89. The van der Waals surface area contributed by atoms with E-state index in [0.29, 0.717) is 25.3 Å². The molecular formula is C20H24FN3O3S. The molecule has 1 N–H and O–H groups in total. The minimum Gasteiger partial charge on any atom is -0.325 e. The first-order chi connectivity index (χ1) is 13.3. The van der Waals surface area contributed by atoms with Crippen LogP contribution in [-0.4, -0.2) is 50.2 Å². The van der Waals surface area contributed by atoms with Gasteiger partial charge in [0, 0.05) is 25.3 Å². The summed E-state index contributed by atoms with van der Waals surface area (Å²) in [6.07, 6.45) is 1.74. The van der Waals surface area contributed by atoms with Crippen LogP contribution in [0.15, 0.2) is 53.4 Å². The summed E-state index contributed by atoms with van der Waals surface area (Å²) in [5.74, 6) is -0.582. The third-order valence-electron chi connectivity index (χ3n) is 4.58. The zero-order valence-corrected chi connectivity index (χ0v) is 16.6. The van der Waals surface area contributed by atoms with Crippen LogP contribution in [0, 0.1) is 5.82 Å². The maximum Gasteiger partial charge on any atom is 0.243 e. The first-order valence-corrected chi connectivity index (χ1v) is 10.6. The van der Waals surface area contributed by atoms with Gasteiger partial charge in [0.25, 0.3) is 0 Å². The molecule has 2 aromatic carbocycles. The number of rotatable bonds is 7. The molecule has 0 radical (unpaired) electrons. The fourth-order valence-corrected chi connectivity index (χ4v) is 4.82. The molecule has 2 aromatic rings. The van der Waals surface area contributed by atoms with Crippen LogP contribution in [0.3, 0.4) is 0 Å². The molecule has 1 saturated heterocycles. The topological polar surface area (TPSA) is 69.7 Å². The quantitative estimate of drug-likeness (QED) is 0.769. The number of carbonyl (C=O) groups is 1. The maximum atomic E-state index is 13.3. The van der Waals surface area contributed by atoms with Crippen molar-refractivity contribution in [3.8, 4) is 0 Å². The number of nitrogens with one attached hydrogen (secondary N) is 1. The van der Waals surface area contributed by atoms with E-state index in [1.807, 2.05) is 0 Å². The predicted molar refractivity (Wildman–Crippen MR) is 106 cm³/mol. The highest BCUT2D eigenvalue weighted by Crippen LogP contribution is 2.23. The zero-order valence-electron chi connectivity index (χ0n) is 15.8. The SMILES string of the molecule is CN(CC(=O)Nc1cccc(S(=O)(=O)N2CCCC2)c1)Cc1cccc(F)c1. The van der Waals surface area contributed by atoms with Crippen molar-refractivity contribution in [3.63, 3.8) is 0 Å². The third-order valence-corrected chi connectivity index (χ3v) is 6.47. The van der Waals surface area contributed by atoms with Crippen LogP contribution >= 0.6 is 0 Å². The molecule has 0 saturated carbocycles. The van der Waals surface area contributed by atoms with Gasteiger partial charge in [-0.1, -0.05) is 18.2 Å². The van der Waals surface area contributed by atoms with Crippen LogP contribution in [-0.2, 0) is 21.4 Å². The average Bonchev–Trinajstić information content (AvgIpc) is 3.17. The number of sulfonamides is 1. The Labute approximate surface area is 165 Å². The molecule has 1 aliphatic heterocycles. The van der Waals surface area contributed by atoms with Crippen molar-refractivity contribution in [3.05, 3.63) is 59.9 Å². The Hall–Kier alpha value is -2.29. The van der Waals surface area contributed by atoms with E-state index in [-0.39, 0.29) is 23.2 Å². The fourth-order valence-electron chi connectivity index (χ4n) is 3.26. The van der Waals surface area contributed by atoms with E-state index in [9.17, 15) is 17.6 Å². The van der Waals surface area contributed by atoms with Crippen molar-refractivity contribution < 1.29 is 17.6 Å². The molecule has 0 aromatic heterocycles. The number of amides is 1. The number of carbonyl (C=O) groups excluding carboxylic acids is 1. The summed E-state index contributed by atoms with van der Waals surface area (Å²) in [5, 5.41) is 2.74. The standard InChI is InChI=1S/C20H24FN3O3S/c1-23(14-16-6-4-7-17(21)12-16)15-20(25)22-18-8-5-9-19(13-18)28(26,27)24-10-2-3-11-24/h4-9,12-13H,2-3,10-11,14-15H2,1H3,(H,22,25). The number of likely N-dealkylation sites (N-methyl/N-ethyl adjacent to an activating group) is 1. The molecule has 150 valence electrons. The number of benzene rings is 2. The first-order valence-electron chi connectivity index (χ1n) is 9.18. The van der Waals surface area contributed by atoms with Crippen molar-refractivity contribution in [2.45, 2.75) is 24.3 Å². The van der Waals surface area contributed by atoms with Gasteiger partial charge in [0.05, 0.1) is 11.4 Å². The Kier molecular flexibility index (Phi) is 6.43. The summed E-state index contributed by atoms with van der Waals surface area (Å²) < 4.78 is 40.0. The van der Waals surface area contributed by atoms with Gasteiger partial charge in [-0.3, -0.25) is 9.69 Å². The number of anilines is 1. The average molecular weight is 405 g/mol. The largest absolute Gasteiger partial charge is 0.325 e. The molecule has 8 heteroatoms. The fraction of sp³-hybridized carbons (Fsp3) is 0.350. The molecule has 1 amide bonds. The minimum atomic E-state index is -3.53. The highest BCUT2D eigenvalue weighted by atomic mass is 32.2. The van der Waals surface area contributed by atoms with E-state index in [2.05, 4.69) is 5.32 Å². The molecule has 1 heterocycles. The Balaban J connectivity index is 1.61. The smallest absolute Gasteiger partial charge is 0.243 e. The Morgan fingerprint density at radius 3 is 2.57 bits per heavy atom. The number of halogens is 1. The second-order valence-electron chi connectivity index (χ2n) is 6.99. The second kappa shape index (κ2) is 8.81. The number of hydrogen-bond acceptors (Lipinski definition) is 4. The van der Waals surface area contributed by atoms with Crippen LogP contribution in [0.4, 0.5) is 10.1 Å². The summed E-state index contributed by atoms with van der Waals surface area (Å²) in [7, 11) is -1.77. The lowest BCUT2D eigenvalue weighted by Gasteiger charge is -2.18. The van der Waals surface area contributed by atoms with E-state index < -0.39 is 10.0 Å². The summed E-state index contributed by atoms with van der Waals surface area (Å²) >= 11 is 0. The van der Waals surface area contributed by atoms with Gasteiger partial charge >= 0.3 is 0 Å². The summed E-state index contributed by atoms with van der Waals surface area (Å²) in [4.78, 5) is 14.3. The van der Waals surface area contributed by atoms with Gasteiger partial charge in [-0.25, -0.2) is 12.8 Å². The van der Waals surface area contributed by atoms with E-state index >= 15 is 0 Å². The molecule has 1 aliphatic rings. The normalized spacial score (nSPS) is 15.1. The molecule has 0 aliphatic carbocycles. The molecule has 0 spiro atoms. The highest BCUT2D eigenvalue weighted by Gasteiger charge is 2.27. The van der Waals surface area contributed by atoms with Gasteiger partial charge in [-0.05, 0) is 55.8 Å². The molecular weight excluding hydrogens is 381 g/mol. The lowest BCUT2D eigenvalue weighted by molar-refractivity contribution is -0.117. The van der Waals surface area contributed by atoms with Crippen LogP contribution < -0.4 is 5.32 Å². The summed E-state index contributed by atoms with van der Waals surface area (Å²) in [6.45, 7) is 1.59. The van der Waals surface area contributed by atoms with Crippen LogP contribution in [0.1, 0.15) is 18.4 Å². The second-order valence-corrected chi connectivity index (χ2v) is 8.93. The lowest BCUT2D eigenvalue weighted by atomic mass is 10.2. The van der Waals surface area contributed by atoms with E-state index in [1.54, 1.807) is 42.3 Å². The van der Waals surface area contributed by atoms with Crippen molar-refractivity contribution >= 4 is 21.6 Å². The monoisotopic (exact) mass is 405 g/mol. The van der Waals surface area contributed by atoms with Gasteiger partial charge in [0.1, 0.15) is 5.82 Å². The number of nitrogens with zero attached hydrogens (tertiary/aromatic N) is 2. The van der Waals surface area contributed by atoms with Crippen LogP contribution in [0.2, 0.25) is 0 Å². The van der Waals surface area contributed by atoms with E-state index in [0.717, 1.165) is 18.4 Å². The third kappa shape index (κ3) is 5.15. The van der Waals surface area contributed by atoms with Gasteiger partial charge in [-0.15, -0.1) is 0 Å². The maximum absolute atomic E-state index is 13.3. The molecule has 0 bridgehead atoms. The van der Waals surface area contributed by atoms with E-state index in [4.69, 9.17) is 0 Å². The van der Waals surface area contributed by atoms with Crippen molar-refractivity contribution in [2.75, 3.05) is 32.0 Å². The van der Waals surface area contributed by atoms with Gasteiger partial charge in [0.2, 0.25) is 15.9 Å². The molecule has 3 rings (SSSR count). The summed E-state index contributed by atoms with van der Waals surface area (Å²) in [6, 6.07) is 12.5. The molecule has 0 atom stereocenters. The molecule has 0 unspecified atom stereocenters. The minimum absolute atomic E-state index is 0.0968. The zero-order chi connectivity index (χ0) is 20.1. The predicted octanol–water partition coefficient (Wildman–Crippen LogP) is 2.68. The number of hydrogen-bond donors (Lipinski definition) is 1. The summed E-state index contributed by atoms with van der Waals surface area (Å²) in [5.41, 5.74) is 1.21. The van der Waals surface area contributed by atoms with Gasteiger partial charge < -0.3 is 5.32 Å². The Bertz CT molecular complexity index is 943. The molecule has 1 fully saturated rings. The van der Waals surface area contributed by atoms with Crippen LogP contribution in [0.25, 0.3) is 0 Å². The molecule has 6 nitrogen and oxygen atoms in total. The van der Waals surface area contributed by atoms with E-state index in [1.165, 1.54) is 22.5 Å². The van der Waals surface area contributed by atoms with Gasteiger partial charge in [0.15, 0.2) is 0 Å². The van der Waals surface area contributed by atoms with Gasteiger partial charge in [-0.2, -0.15) is 4.31 Å².